The number of rotatable bonds is 5. The number of urea groups is 1. The number of amides is 3. The third kappa shape index (κ3) is 4.11. The Bertz CT molecular complexity index is 408. The van der Waals surface area contributed by atoms with Crippen LogP contribution in [0.5, 0.6) is 0 Å². The minimum absolute atomic E-state index is 0.00819. The van der Waals surface area contributed by atoms with Gasteiger partial charge in [-0.25, -0.2) is 4.79 Å². The first-order chi connectivity index (χ1) is 9.45. The Morgan fingerprint density at radius 3 is 2.60 bits per heavy atom. The number of carbonyl (C=O) groups excluding carboxylic acids is 2. The van der Waals surface area contributed by atoms with Crippen molar-refractivity contribution in [2.45, 2.75) is 44.7 Å². The van der Waals surface area contributed by atoms with E-state index < -0.39 is 12.0 Å². The predicted molar refractivity (Wildman–Crippen MR) is 71.1 cm³/mol. The average Bonchev–Trinajstić information content (AvgIpc) is 3.05. The summed E-state index contributed by atoms with van der Waals surface area (Å²) in [6.07, 6.45) is 2.80. The van der Waals surface area contributed by atoms with Gasteiger partial charge in [-0.3, -0.25) is 9.59 Å². The summed E-state index contributed by atoms with van der Waals surface area (Å²) < 4.78 is 0. The number of carboxylic acid groups (broad SMARTS) is 1. The van der Waals surface area contributed by atoms with E-state index in [0.29, 0.717) is 19.5 Å². The molecule has 1 heterocycles. The molecule has 0 aromatic heterocycles. The number of hydrogen-bond donors (Lipinski definition) is 3. The van der Waals surface area contributed by atoms with Crippen LogP contribution in [0.15, 0.2) is 0 Å². The van der Waals surface area contributed by atoms with Gasteiger partial charge in [0.15, 0.2) is 0 Å². The van der Waals surface area contributed by atoms with Crippen molar-refractivity contribution in [2.24, 2.45) is 5.92 Å². The lowest BCUT2D eigenvalue weighted by Crippen LogP contribution is -2.49. The molecule has 2 atom stereocenters. The highest BCUT2D eigenvalue weighted by Crippen LogP contribution is 2.20. The molecule has 2 fully saturated rings. The van der Waals surface area contributed by atoms with Crippen molar-refractivity contribution in [3.63, 3.8) is 0 Å². The van der Waals surface area contributed by atoms with Crippen LogP contribution in [-0.4, -0.2) is 53.1 Å². The molecule has 0 aromatic rings. The highest BCUT2D eigenvalue weighted by atomic mass is 16.4. The lowest BCUT2D eigenvalue weighted by molar-refractivity contribution is -0.138. The van der Waals surface area contributed by atoms with Crippen molar-refractivity contribution < 1.29 is 19.5 Å². The quantitative estimate of drug-likeness (QED) is 0.669. The maximum absolute atomic E-state index is 12.0. The van der Waals surface area contributed by atoms with Crippen molar-refractivity contribution in [1.82, 2.24) is 15.5 Å². The van der Waals surface area contributed by atoms with Crippen molar-refractivity contribution in [3.8, 4) is 0 Å². The molecule has 112 valence electrons. The predicted octanol–water partition coefficient (Wildman–Crippen LogP) is 0.160. The molecule has 3 N–H and O–H groups in total. The zero-order valence-corrected chi connectivity index (χ0v) is 11.6. The molecule has 2 unspecified atom stereocenters. The van der Waals surface area contributed by atoms with E-state index in [9.17, 15) is 14.4 Å². The number of carbonyl (C=O) groups is 3. The number of carboxylic acids is 1. The van der Waals surface area contributed by atoms with Gasteiger partial charge in [0, 0.05) is 25.6 Å². The number of likely N-dealkylation sites (tertiary alicyclic amines) is 1. The zero-order chi connectivity index (χ0) is 14.7. The third-order valence-corrected chi connectivity index (χ3v) is 3.69. The van der Waals surface area contributed by atoms with Gasteiger partial charge in [0.05, 0.1) is 0 Å². The van der Waals surface area contributed by atoms with Gasteiger partial charge in [0.25, 0.3) is 0 Å². The van der Waals surface area contributed by atoms with Crippen molar-refractivity contribution in [3.05, 3.63) is 0 Å². The van der Waals surface area contributed by atoms with Gasteiger partial charge >= 0.3 is 12.0 Å². The first-order valence-corrected chi connectivity index (χ1v) is 7.03. The molecule has 1 saturated carbocycles. The number of aliphatic carboxylic acids is 1. The highest BCUT2D eigenvalue weighted by molar-refractivity contribution is 5.87. The molecule has 0 aromatic carbocycles. The largest absolute Gasteiger partial charge is 0.481 e. The van der Waals surface area contributed by atoms with E-state index >= 15 is 0 Å². The Labute approximate surface area is 117 Å². The Morgan fingerprint density at radius 1 is 1.30 bits per heavy atom. The average molecular weight is 283 g/mol. The maximum atomic E-state index is 12.0. The van der Waals surface area contributed by atoms with E-state index in [-0.39, 0.29) is 30.3 Å². The smallest absolute Gasteiger partial charge is 0.318 e. The van der Waals surface area contributed by atoms with E-state index in [1.165, 1.54) is 0 Å². The molecule has 1 aliphatic carbocycles. The molecule has 1 saturated heterocycles. The van der Waals surface area contributed by atoms with Crippen molar-refractivity contribution in [2.75, 3.05) is 13.1 Å². The first kappa shape index (κ1) is 14.6. The van der Waals surface area contributed by atoms with Gasteiger partial charge in [0.2, 0.25) is 5.91 Å². The molecule has 2 rings (SSSR count). The van der Waals surface area contributed by atoms with Gasteiger partial charge in [-0.2, -0.15) is 0 Å². The fourth-order valence-corrected chi connectivity index (χ4v) is 2.33. The zero-order valence-electron chi connectivity index (χ0n) is 11.6. The van der Waals surface area contributed by atoms with Gasteiger partial charge in [0.1, 0.15) is 6.04 Å². The van der Waals surface area contributed by atoms with Gasteiger partial charge in [-0.1, -0.05) is 0 Å². The maximum Gasteiger partial charge on any atom is 0.318 e. The molecule has 3 amide bonds. The summed E-state index contributed by atoms with van der Waals surface area (Å²) in [6.45, 7) is 2.64. The number of nitrogens with zero attached hydrogens (tertiary/aromatic N) is 1. The van der Waals surface area contributed by atoms with Crippen LogP contribution in [-0.2, 0) is 9.59 Å². The molecule has 20 heavy (non-hydrogen) atoms. The summed E-state index contributed by atoms with van der Waals surface area (Å²) in [5.74, 6) is -0.995. The Hall–Kier alpha value is -1.79. The topological polar surface area (TPSA) is 98.7 Å². The summed E-state index contributed by atoms with van der Waals surface area (Å²) in [7, 11) is 0. The molecule has 2 aliphatic rings. The normalized spacial score (nSPS) is 23.2. The van der Waals surface area contributed by atoms with E-state index in [1.807, 2.05) is 0 Å². The second-order valence-electron chi connectivity index (χ2n) is 5.65. The Morgan fingerprint density at radius 2 is 2.00 bits per heavy atom. The standard InChI is InChI=1S/C13H21N3O4/c1-8(12(19)15-10-2-3-10)14-13(20)16-5-4-9(7-16)6-11(17)18/h8-10H,2-7H2,1H3,(H,14,20)(H,15,19)(H,17,18). The molecule has 0 radical (unpaired) electrons. The van der Waals surface area contributed by atoms with E-state index in [4.69, 9.17) is 5.11 Å². The minimum atomic E-state index is -0.838. The lowest BCUT2D eigenvalue weighted by atomic mass is 10.1. The summed E-state index contributed by atoms with van der Waals surface area (Å²) >= 11 is 0. The molecule has 0 bridgehead atoms. The van der Waals surface area contributed by atoms with Crippen LogP contribution in [0.1, 0.15) is 32.6 Å². The second-order valence-corrected chi connectivity index (χ2v) is 5.65. The van der Waals surface area contributed by atoms with E-state index in [2.05, 4.69) is 10.6 Å². The summed E-state index contributed by atoms with van der Waals surface area (Å²) in [4.78, 5) is 35.9. The summed E-state index contributed by atoms with van der Waals surface area (Å²) in [5.41, 5.74) is 0. The van der Waals surface area contributed by atoms with Crippen LogP contribution in [0.25, 0.3) is 0 Å². The van der Waals surface area contributed by atoms with Gasteiger partial charge in [-0.15, -0.1) is 0 Å². The molecule has 7 nitrogen and oxygen atoms in total. The van der Waals surface area contributed by atoms with Gasteiger partial charge < -0.3 is 20.6 Å². The van der Waals surface area contributed by atoms with Crippen LogP contribution < -0.4 is 10.6 Å². The van der Waals surface area contributed by atoms with E-state index in [0.717, 1.165) is 12.8 Å². The Kier molecular flexibility index (Phi) is 4.46. The van der Waals surface area contributed by atoms with Crippen molar-refractivity contribution >= 4 is 17.9 Å². The van der Waals surface area contributed by atoms with Crippen LogP contribution in [0.2, 0.25) is 0 Å². The molecule has 7 heteroatoms. The number of nitrogens with one attached hydrogen (secondary N) is 2. The minimum Gasteiger partial charge on any atom is -0.481 e. The van der Waals surface area contributed by atoms with Crippen LogP contribution in [0, 0.1) is 5.92 Å². The van der Waals surface area contributed by atoms with Crippen molar-refractivity contribution in [1.29, 1.82) is 0 Å². The van der Waals surface area contributed by atoms with Crippen LogP contribution in [0.3, 0.4) is 0 Å². The molecule has 1 aliphatic heterocycles. The molecule has 0 spiro atoms. The SMILES string of the molecule is CC(NC(=O)N1CCC(CC(=O)O)C1)C(=O)NC1CC1. The fraction of sp³-hybridized carbons (Fsp3) is 0.769. The summed E-state index contributed by atoms with van der Waals surface area (Å²) in [5, 5.41) is 14.2. The monoisotopic (exact) mass is 283 g/mol. The fourth-order valence-electron chi connectivity index (χ4n) is 2.33. The molecular weight excluding hydrogens is 262 g/mol. The van der Waals surface area contributed by atoms with Crippen LogP contribution in [0.4, 0.5) is 4.79 Å². The second kappa shape index (κ2) is 6.11. The number of hydrogen-bond acceptors (Lipinski definition) is 3. The van der Waals surface area contributed by atoms with E-state index in [1.54, 1.807) is 11.8 Å². The van der Waals surface area contributed by atoms with Crippen LogP contribution >= 0.6 is 0 Å². The van der Waals surface area contributed by atoms with Gasteiger partial charge in [-0.05, 0) is 32.1 Å². The first-order valence-electron chi connectivity index (χ1n) is 7.03. The lowest BCUT2D eigenvalue weighted by Gasteiger charge is -2.20. The Balaban J connectivity index is 1.74. The molecular formula is C13H21N3O4. The third-order valence-electron chi connectivity index (χ3n) is 3.69. The highest BCUT2D eigenvalue weighted by Gasteiger charge is 2.30. The summed E-state index contributed by atoms with van der Waals surface area (Å²) in [6, 6.07) is -0.591.